The van der Waals surface area contributed by atoms with Gasteiger partial charge in [-0.25, -0.2) is 14.8 Å². The first-order chi connectivity index (χ1) is 11.3. The fraction of sp³-hybridized carbons (Fsp3) is 0.588. The Morgan fingerprint density at radius 1 is 1.17 bits per heavy atom. The molecule has 1 saturated heterocycles. The summed E-state index contributed by atoms with van der Waals surface area (Å²) in [6.45, 7) is 0.854. The van der Waals surface area contributed by atoms with E-state index in [1.807, 2.05) is 11.4 Å². The fourth-order valence-corrected chi connectivity index (χ4v) is 4.42. The van der Waals surface area contributed by atoms with Crippen LogP contribution in [0.5, 0.6) is 0 Å². The van der Waals surface area contributed by atoms with Crippen LogP contribution in [0.25, 0.3) is 10.2 Å². The van der Waals surface area contributed by atoms with E-state index >= 15 is 0 Å². The molecule has 2 aromatic heterocycles. The summed E-state index contributed by atoms with van der Waals surface area (Å²) < 4.78 is 5.80. The van der Waals surface area contributed by atoms with Crippen LogP contribution in [0.3, 0.4) is 0 Å². The number of hydrogen-bond acceptors (Lipinski definition) is 6. The predicted octanol–water partition coefficient (Wildman–Crippen LogP) is 3.54. The van der Waals surface area contributed by atoms with Gasteiger partial charge in [-0.1, -0.05) is 6.42 Å². The van der Waals surface area contributed by atoms with Gasteiger partial charge in [0.2, 0.25) is 0 Å². The quantitative estimate of drug-likeness (QED) is 0.805. The first kappa shape index (κ1) is 14.9. The van der Waals surface area contributed by atoms with E-state index in [9.17, 15) is 4.79 Å². The smallest absolute Gasteiger partial charge is 0.329 e. The summed E-state index contributed by atoms with van der Waals surface area (Å²) in [7, 11) is 0. The van der Waals surface area contributed by atoms with Crippen molar-refractivity contribution < 1.29 is 9.53 Å². The highest BCUT2D eigenvalue weighted by atomic mass is 32.1. The molecule has 23 heavy (non-hydrogen) atoms. The number of fused-ring (bicyclic) bond motifs is 1. The highest BCUT2D eigenvalue weighted by Gasteiger charge is 2.35. The molecule has 0 amide bonds. The molecule has 2 aromatic rings. The first-order valence-corrected chi connectivity index (χ1v) is 9.36. The summed E-state index contributed by atoms with van der Waals surface area (Å²) in [5.41, 5.74) is 0. The number of ether oxygens (including phenoxy) is 1. The van der Waals surface area contributed by atoms with Crippen molar-refractivity contribution in [2.45, 2.75) is 57.1 Å². The third-order valence-corrected chi connectivity index (χ3v) is 5.69. The van der Waals surface area contributed by atoms with Crippen LogP contribution >= 0.6 is 11.3 Å². The Kier molecular flexibility index (Phi) is 4.16. The molecular formula is C17H21N3O2S. The molecule has 1 aliphatic heterocycles. The second kappa shape index (κ2) is 6.43. The van der Waals surface area contributed by atoms with Crippen molar-refractivity contribution in [2.75, 3.05) is 11.4 Å². The SMILES string of the molecule is O=C(OC1CCCCC1)C1CCCN1c1ncnc2sccc12. The lowest BCUT2D eigenvalue weighted by atomic mass is 9.98. The van der Waals surface area contributed by atoms with Crippen molar-refractivity contribution in [2.24, 2.45) is 0 Å². The normalized spacial score (nSPS) is 22.6. The number of nitrogens with zero attached hydrogens (tertiary/aromatic N) is 3. The minimum Gasteiger partial charge on any atom is -0.461 e. The standard InChI is InChI=1S/C17H21N3O2S/c21-17(22-12-5-2-1-3-6-12)14-7-4-9-20(14)15-13-8-10-23-16(13)19-11-18-15/h8,10-12,14H,1-7,9H2. The Bertz CT molecular complexity index is 696. The average molecular weight is 331 g/mol. The van der Waals surface area contributed by atoms with Gasteiger partial charge >= 0.3 is 5.97 Å². The van der Waals surface area contributed by atoms with Crippen molar-refractivity contribution in [1.82, 2.24) is 9.97 Å². The van der Waals surface area contributed by atoms with Gasteiger partial charge in [0.25, 0.3) is 0 Å². The summed E-state index contributed by atoms with van der Waals surface area (Å²) in [5.74, 6) is 0.802. The van der Waals surface area contributed by atoms with Gasteiger partial charge in [-0.05, 0) is 50.0 Å². The van der Waals surface area contributed by atoms with Crippen LogP contribution in [0.15, 0.2) is 17.8 Å². The topological polar surface area (TPSA) is 55.3 Å². The number of esters is 1. The Hall–Kier alpha value is -1.69. The molecule has 6 heteroatoms. The molecule has 2 aliphatic rings. The molecule has 0 spiro atoms. The highest BCUT2D eigenvalue weighted by Crippen LogP contribution is 2.32. The summed E-state index contributed by atoms with van der Waals surface area (Å²) in [5, 5.41) is 3.06. The molecule has 3 heterocycles. The van der Waals surface area contributed by atoms with Crippen LogP contribution in [0.4, 0.5) is 5.82 Å². The number of carbonyl (C=O) groups is 1. The van der Waals surface area contributed by atoms with E-state index in [0.29, 0.717) is 0 Å². The van der Waals surface area contributed by atoms with Crippen LogP contribution in [-0.2, 0) is 9.53 Å². The summed E-state index contributed by atoms with van der Waals surface area (Å²) >= 11 is 1.60. The Balaban J connectivity index is 1.54. The maximum absolute atomic E-state index is 12.7. The zero-order valence-electron chi connectivity index (χ0n) is 13.1. The summed E-state index contributed by atoms with van der Waals surface area (Å²) in [6, 6.07) is 1.84. The highest BCUT2D eigenvalue weighted by molar-refractivity contribution is 7.16. The average Bonchev–Trinajstić information content (AvgIpc) is 3.24. The molecule has 4 rings (SSSR count). The Labute approximate surface area is 139 Å². The summed E-state index contributed by atoms with van der Waals surface area (Å²) in [4.78, 5) is 24.5. The van der Waals surface area contributed by atoms with Crippen molar-refractivity contribution in [3.8, 4) is 0 Å². The van der Waals surface area contributed by atoms with E-state index in [1.54, 1.807) is 17.7 Å². The van der Waals surface area contributed by atoms with E-state index in [0.717, 1.165) is 48.3 Å². The van der Waals surface area contributed by atoms with Gasteiger partial charge in [0, 0.05) is 6.54 Å². The van der Waals surface area contributed by atoms with Gasteiger partial charge in [-0.15, -0.1) is 11.3 Å². The van der Waals surface area contributed by atoms with Crippen molar-refractivity contribution in [1.29, 1.82) is 0 Å². The molecular weight excluding hydrogens is 310 g/mol. The van der Waals surface area contributed by atoms with Crippen LogP contribution in [0.2, 0.25) is 0 Å². The summed E-state index contributed by atoms with van der Waals surface area (Å²) in [6.07, 6.45) is 9.20. The van der Waals surface area contributed by atoms with E-state index in [2.05, 4.69) is 14.9 Å². The van der Waals surface area contributed by atoms with Gasteiger partial charge in [0.1, 0.15) is 29.1 Å². The number of carbonyl (C=O) groups excluding carboxylic acids is 1. The predicted molar refractivity (Wildman–Crippen MR) is 90.7 cm³/mol. The van der Waals surface area contributed by atoms with E-state index in [1.165, 1.54) is 19.3 Å². The maximum atomic E-state index is 12.7. The van der Waals surface area contributed by atoms with E-state index in [4.69, 9.17) is 4.74 Å². The van der Waals surface area contributed by atoms with Crippen LogP contribution in [0, 0.1) is 0 Å². The molecule has 1 unspecified atom stereocenters. The zero-order valence-corrected chi connectivity index (χ0v) is 13.9. The monoisotopic (exact) mass is 331 g/mol. The van der Waals surface area contributed by atoms with Crippen LogP contribution < -0.4 is 4.90 Å². The van der Waals surface area contributed by atoms with Gasteiger partial charge in [-0.3, -0.25) is 0 Å². The molecule has 1 aliphatic carbocycles. The van der Waals surface area contributed by atoms with Crippen molar-refractivity contribution in [3.63, 3.8) is 0 Å². The van der Waals surface area contributed by atoms with Crippen molar-refractivity contribution in [3.05, 3.63) is 17.8 Å². The number of rotatable bonds is 3. The number of aromatic nitrogens is 2. The lowest BCUT2D eigenvalue weighted by Crippen LogP contribution is -2.39. The third kappa shape index (κ3) is 2.92. The largest absolute Gasteiger partial charge is 0.461 e. The third-order valence-electron chi connectivity index (χ3n) is 4.87. The molecule has 122 valence electrons. The van der Waals surface area contributed by atoms with Crippen molar-refractivity contribution >= 4 is 33.3 Å². The van der Waals surface area contributed by atoms with Gasteiger partial charge < -0.3 is 9.64 Å². The number of thiophene rings is 1. The molecule has 5 nitrogen and oxygen atoms in total. The molecule has 0 aromatic carbocycles. The molecule has 0 bridgehead atoms. The lowest BCUT2D eigenvalue weighted by Gasteiger charge is -2.28. The second-order valence-corrected chi connectivity index (χ2v) is 7.28. The maximum Gasteiger partial charge on any atom is 0.329 e. The van der Waals surface area contributed by atoms with E-state index < -0.39 is 0 Å². The molecule has 2 fully saturated rings. The number of hydrogen-bond donors (Lipinski definition) is 0. The minimum absolute atomic E-state index is 0.0728. The fourth-order valence-electron chi connectivity index (χ4n) is 3.70. The minimum atomic E-state index is -0.199. The van der Waals surface area contributed by atoms with Gasteiger partial charge in [0.15, 0.2) is 0 Å². The number of anilines is 1. The Morgan fingerprint density at radius 2 is 2.04 bits per heavy atom. The van der Waals surface area contributed by atoms with Gasteiger partial charge in [0.05, 0.1) is 5.39 Å². The van der Waals surface area contributed by atoms with Gasteiger partial charge in [-0.2, -0.15) is 0 Å². The van der Waals surface area contributed by atoms with Crippen LogP contribution in [-0.4, -0.2) is 34.6 Å². The second-order valence-electron chi connectivity index (χ2n) is 6.39. The molecule has 0 N–H and O–H groups in total. The molecule has 1 atom stereocenters. The Morgan fingerprint density at radius 3 is 2.91 bits per heavy atom. The molecule has 1 saturated carbocycles. The van der Waals surface area contributed by atoms with Crippen LogP contribution in [0.1, 0.15) is 44.9 Å². The zero-order chi connectivity index (χ0) is 15.6. The first-order valence-electron chi connectivity index (χ1n) is 8.48. The lowest BCUT2D eigenvalue weighted by molar-refractivity contribution is -0.151. The molecule has 0 radical (unpaired) electrons. The van der Waals surface area contributed by atoms with E-state index in [-0.39, 0.29) is 18.1 Å².